The Morgan fingerprint density at radius 2 is 2.28 bits per heavy atom. The van der Waals surface area contributed by atoms with E-state index in [1.165, 1.54) is 0 Å². The van der Waals surface area contributed by atoms with Gasteiger partial charge in [0, 0.05) is 30.1 Å². The summed E-state index contributed by atoms with van der Waals surface area (Å²) in [4.78, 5) is 2.40. The van der Waals surface area contributed by atoms with E-state index in [0.717, 1.165) is 42.9 Å². The van der Waals surface area contributed by atoms with Crippen molar-refractivity contribution >= 4 is 15.9 Å². The summed E-state index contributed by atoms with van der Waals surface area (Å²) in [5.41, 5.74) is 6.03. The van der Waals surface area contributed by atoms with Gasteiger partial charge in [-0.3, -0.25) is 4.90 Å². The van der Waals surface area contributed by atoms with Gasteiger partial charge in [-0.1, -0.05) is 28.9 Å². The molecule has 4 heteroatoms. The first-order valence-electron chi connectivity index (χ1n) is 6.50. The summed E-state index contributed by atoms with van der Waals surface area (Å²) in [5.74, 6) is 1.61. The van der Waals surface area contributed by atoms with Gasteiger partial charge >= 0.3 is 0 Å². The number of hydrogen-bond donors (Lipinski definition) is 1. The smallest absolute Gasteiger partial charge is 0.120 e. The average Bonchev–Trinajstić information content (AvgIpc) is 2.27. The molecule has 2 unspecified atom stereocenters. The van der Waals surface area contributed by atoms with Gasteiger partial charge in [-0.25, -0.2) is 0 Å². The minimum Gasteiger partial charge on any atom is -0.492 e. The number of piperidine rings is 1. The maximum Gasteiger partial charge on any atom is 0.120 e. The Kier molecular flexibility index (Phi) is 5.03. The molecule has 0 radical (unpaired) electrons. The average molecular weight is 313 g/mol. The first-order chi connectivity index (χ1) is 8.63. The van der Waals surface area contributed by atoms with Crippen molar-refractivity contribution in [2.45, 2.75) is 19.4 Å². The number of benzene rings is 1. The third-order valence-electron chi connectivity index (χ3n) is 3.24. The van der Waals surface area contributed by atoms with Crippen LogP contribution in [0.4, 0.5) is 0 Å². The van der Waals surface area contributed by atoms with Gasteiger partial charge in [-0.2, -0.15) is 0 Å². The molecule has 1 aliphatic heterocycles. The van der Waals surface area contributed by atoms with Crippen LogP contribution in [0.2, 0.25) is 0 Å². The first kappa shape index (κ1) is 13.8. The number of hydrogen-bond acceptors (Lipinski definition) is 3. The Bertz CT molecular complexity index is 376. The Labute approximate surface area is 117 Å². The van der Waals surface area contributed by atoms with E-state index in [-0.39, 0.29) is 0 Å². The largest absolute Gasteiger partial charge is 0.492 e. The van der Waals surface area contributed by atoms with E-state index < -0.39 is 0 Å². The van der Waals surface area contributed by atoms with Crippen molar-refractivity contribution in [3.05, 3.63) is 28.7 Å². The van der Waals surface area contributed by atoms with Gasteiger partial charge < -0.3 is 10.5 Å². The molecule has 1 aromatic rings. The fourth-order valence-electron chi connectivity index (χ4n) is 2.54. The Morgan fingerprint density at radius 1 is 1.44 bits per heavy atom. The molecule has 1 heterocycles. The molecule has 3 nitrogen and oxygen atoms in total. The van der Waals surface area contributed by atoms with E-state index in [9.17, 15) is 0 Å². The van der Waals surface area contributed by atoms with Crippen LogP contribution in [0.1, 0.15) is 13.3 Å². The van der Waals surface area contributed by atoms with Crippen LogP contribution in [0.3, 0.4) is 0 Å². The normalized spacial score (nSPS) is 25.1. The van der Waals surface area contributed by atoms with Crippen LogP contribution in [-0.2, 0) is 0 Å². The number of ether oxygens (including phenoxy) is 1. The number of nitrogens with zero attached hydrogens (tertiary/aromatic N) is 1. The highest BCUT2D eigenvalue weighted by molar-refractivity contribution is 9.10. The molecular weight excluding hydrogens is 292 g/mol. The second kappa shape index (κ2) is 6.55. The summed E-state index contributed by atoms with van der Waals surface area (Å²) in [7, 11) is 0. The molecule has 18 heavy (non-hydrogen) atoms. The fourth-order valence-corrected chi connectivity index (χ4v) is 2.92. The molecule has 2 rings (SSSR count). The highest BCUT2D eigenvalue weighted by Gasteiger charge is 2.21. The van der Waals surface area contributed by atoms with Crippen LogP contribution in [0.15, 0.2) is 28.7 Å². The lowest BCUT2D eigenvalue weighted by atomic mass is 9.97. The van der Waals surface area contributed by atoms with Crippen LogP contribution < -0.4 is 10.5 Å². The van der Waals surface area contributed by atoms with Gasteiger partial charge in [-0.15, -0.1) is 0 Å². The molecule has 1 saturated heterocycles. The van der Waals surface area contributed by atoms with Crippen LogP contribution in [-0.4, -0.2) is 37.2 Å². The first-order valence-corrected chi connectivity index (χ1v) is 7.29. The molecule has 100 valence electrons. The molecule has 0 bridgehead atoms. The lowest BCUT2D eigenvalue weighted by molar-refractivity contribution is 0.140. The molecule has 0 spiro atoms. The predicted octanol–water partition coefficient (Wildman–Crippen LogP) is 2.50. The lowest BCUT2D eigenvalue weighted by Gasteiger charge is -2.34. The molecule has 1 aromatic carbocycles. The van der Waals surface area contributed by atoms with Gasteiger partial charge in [0.25, 0.3) is 0 Å². The zero-order chi connectivity index (χ0) is 13.0. The quantitative estimate of drug-likeness (QED) is 0.928. The van der Waals surface area contributed by atoms with Crippen LogP contribution >= 0.6 is 15.9 Å². The van der Waals surface area contributed by atoms with Crippen LogP contribution in [0.25, 0.3) is 0 Å². The maximum atomic E-state index is 6.03. The number of rotatable bonds is 4. The summed E-state index contributed by atoms with van der Waals surface area (Å²) < 4.78 is 6.80. The number of nitrogens with two attached hydrogens (primary N) is 1. The van der Waals surface area contributed by atoms with E-state index >= 15 is 0 Å². The van der Waals surface area contributed by atoms with E-state index in [1.807, 2.05) is 24.3 Å². The Balaban J connectivity index is 1.75. The summed E-state index contributed by atoms with van der Waals surface area (Å²) in [6.45, 7) is 6.06. The van der Waals surface area contributed by atoms with Crippen molar-refractivity contribution in [1.82, 2.24) is 4.90 Å². The molecule has 0 aromatic heterocycles. The van der Waals surface area contributed by atoms with Gasteiger partial charge in [0.05, 0.1) is 0 Å². The summed E-state index contributed by atoms with van der Waals surface area (Å²) >= 11 is 3.44. The zero-order valence-corrected chi connectivity index (χ0v) is 12.4. The highest BCUT2D eigenvalue weighted by Crippen LogP contribution is 2.18. The minimum absolute atomic E-state index is 0.319. The molecule has 0 amide bonds. The summed E-state index contributed by atoms with van der Waals surface area (Å²) in [6, 6.07) is 8.27. The molecule has 0 aliphatic carbocycles. The predicted molar refractivity (Wildman–Crippen MR) is 77.8 cm³/mol. The van der Waals surface area contributed by atoms with E-state index in [2.05, 4.69) is 27.8 Å². The van der Waals surface area contributed by atoms with Crippen molar-refractivity contribution in [2.75, 3.05) is 26.2 Å². The second-order valence-electron chi connectivity index (χ2n) is 5.17. The minimum atomic E-state index is 0.319. The van der Waals surface area contributed by atoms with Gasteiger partial charge in [-0.05, 0) is 30.5 Å². The SMILES string of the molecule is CC1CC(N)CN(CCOc2cccc(Br)c2)C1. The van der Waals surface area contributed by atoms with Gasteiger partial charge in [0.15, 0.2) is 0 Å². The second-order valence-corrected chi connectivity index (χ2v) is 6.08. The highest BCUT2D eigenvalue weighted by atomic mass is 79.9. The number of likely N-dealkylation sites (tertiary alicyclic amines) is 1. The Hall–Kier alpha value is -0.580. The Morgan fingerprint density at radius 3 is 3.00 bits per heavy atom. The monoisotopic (exact) mass is 312 g/mol. The summed E-state index contributed by atoms with van der Waals surface area (Å²) in [6.07, 6.45) is 1.14. The van der Waals surface area contributed by atoms with Crippen molar-refractivity contribution in [3.8, 4) is 5.75 Å². The molecule has 1 aliphatic rings. The van der Waals surface area contributed by atoms with Crippen molar-refractivity contribution in [3.63, 3.8) is 0 Å². The summed E-state index contributed by atoms with van der Waals surface area (Å²) in [5, 5.41) is 0. The molecule has 2 atom stereocenters. The third-order valence-corrected chi connectivity index (χ3v) is 3.73. The third kappa shape index (κ3) is 4.26. The van der Waals surface area contributed by atoms with E-state index in [1.54, 1.807) is 0 Å². The van der Waals surface area contributed by atoms with E-state index in [4.69, 9.17) is 10.5 Å². The van der Waals surface area contributed by atoms with Crippen molar-refractivity contribution < 1.29 is 4.74 Å². The lowest BCUT2D eigenvalue weighted by Crippen LogP contribution is -2.47. The topological polar surface area (TPSA) is 38.5 Å². The van der Waals surface area contributed by atoms with Crippen LogP contribution in [0, 0.1) is 5.92 Å². The van der Waals surface area contributed by atoms with Crippen molar-refractivity contribution in [1.29, 1.82) is 0 Å². The molecular formula is C14H21BrN2O. The van der Waals surface area contributed by atoms with E-state index in [0.29, 0.717) is 12.0 Å². The van der Waals surface area contributed by atoms with Crippen molar-refractivity contribution in [2.24, 2.45) is 11.7 Å². The molecule has 2 N–H and O–H groups in total. The molecule has 1 fully saturated rings. The number of halogens is 1. The zero-order valence-electron chi connectivity index (χ0n) is 10.8. The van der Waals surface area contributed by atoms with Crippen LogP contribution in [0.5, 0.6) is 5.75 Å². The molecule has 0 saturated carbocycles. The standard InChI is InChI=1S/C14H21BrN2O/c1-11-7-13(16)10-17(9-11)5-6-18-14-4-2-3-12(15)8-14/h2-4,8,11,13H,5-7,9-10,16H2,1H3. The fraction of sp³-hybridized carbons (Fsp3) is 0.571. The maximum absolute atomic E-state index is 6.03. The van der Waals surface area contributed by atoms with Gasteiger partial charge in [0.1, 0.15) is 12.4 Å². The van der Waals surface area contributed by atoms with Gasteiger partial charge in [0.2, 0.25) is 0 Å².